The van der Waals surface area contributed by atoms with Crippen molar-refractivity contribution in [2.45, 2.75) is 12.8 Å². The predicted molar refractivity (Wildman–Crippen MR) is 125 cm³/mol. The van der Waals surface area contributed by atoms with Crippen LogP contribution in [0, 0.1) is 0 Å². The first-order valence-corrected chi connectivity index (χ1v) is 11.7. The van der Waals surface area contributed by atoms with Crippen LogP contribution < -0.4 is 20.3 Å². The molecule has 188 valence electrons. The number of hydrogen-bond acceptors (Lipinski definition) is 10. The lowest BCUT2D eigenvalue weighted by atomic mass is 10.3. The minimum atomic E-state index is -2.85. The van der Waals surface area contributed by atoms with E-state index in [1.807, 2.05) is 9.80 Å². The van der Waals surface area contributed by atoms with Crippen molar-refractivity contribution in [3.05, 3.63) is 24.0 Å². The highest BCUT2D eigenvalue weighted by Crippen LogP contribution is 2.32. The summed E-state index contributed by atoms with van der Waals surface area (Å²) in [6, 6.07) is 5.15. The first kappa shape index (κ1) is 23.6. The molecule has 35 heavy (non-hydrogen) atoms. The molecule has 4 heterocycles. The van der Waals surface area contributed by atoms with Crippen LogP contribution in [-0.4, -0.2) is 90.3 Å². The standard InChI is InChI=1S/C22H28F2N8O3/c23-18(24)19-26-17-15(3-1-4-16(17)35-10-2-5-25)32(19)22-28-20(30-6-11-33-12-7-30)27-21(29-22)31-8-13-34-14-9-31/h1,3-4,18H,2,5-14,25H2. The molecule has 0 unspecified atom stereocenters. The topological polar surface area (TPSA) is 117 Å². The molecule has 13 heteroatoms. The van der Waals surface area contributed by atoms with E-state index < -0.39 is 12.2 Å². The van der Waals surface area contributed by atoms with Crippen molar-refractivity contribution in [3.63, 3.8) is 0 Å². The van der Waals surface area contributed by atoms with Crippen LogP contribution in [0.25, 0.3) is 17.0 Å². The van der Waals surface area contributed by atoms with Crippen LogP contribution in [0.1, 0.15) is 18.7 Å². The van der Waals surface area contributed by atoms with E-state index in [4.69, 9.17) is 19.9 Å². The highest BCUT2D eigenvalue weighted by atomic mass is 19.3. The Morgan fingerprint density at radius 2 is 1.49 bits per heavy atom. The van der Waals surface area contributed by atoms with E-state index in [-0.39, 0.29) is 5.95 Å². The molecule has 2 fully saturated rings. The maximum atomic E-state index is 14.2. The lowest BCUT2D eigenvalue weighted by Crippen LogP contribution is -2.40. The SMILES string of the molecule is NCCCOc1cccc2c1nc(C(F)F)n2-c1nc(N2CCOCC2)nc(N2CCOCC2)n1. The van der Waals surface area contributed by atoms with E-state index in [9.17, 15) is 8.78 Å². The van der Waals surface area contributed by atoms with E-state index in [1.165, 1.54) is 4.57 Å². The Bertz CT molecular complexity index is 1110. The molecule has 2 aliphatic heterocycles. The Morgan fingerprint density at radius 3 is 2.06 bits per heavy atom. The van der Waals surface area contributed by atoms with Crippen molar-refractivity contribution in [3.8, 4) is 11.7 Å². The zero-order chi connectivity index (χ0) is 24.2. The van der Waals surface area contributed by atoms with Crippen LogP contribution in [-0.2, 0) is 9.47 Å². The van der Waals surface area contributed by atoms with Gasteiger partial charge in [-0.2, -0.15) is 15.0 Å². The Labute approximate surface area is 200 Å². The number of anilines is 2. The Morgan fingerprint density at radius 1 is 0.886 bits per heavy atom. The second-order valence-electron chi connectivity index (χ2n) is 8.15. The van der Waals surface area contributed by atoms with Gasteiger partial charge in [-0.1, -0.05) is 6.07 Å². The largest absolute Gasteiger partial charge is 0.491 e. The summed E-state index contributed by atoms with van der Waals surface area (Å²) in [5.41, 5.74) is 6.30. The summed E-state index contributed by atoms with van der Waals surface area (Å²) in [7, 11) is 0. The minimum Gasteiger partial charge on any atom is -0.491 e. The van der Waals surface area contributed by atoms with Crippen LogP contribution in [0.5, 0.6) is 5.75 Å². The first-order valence-electron chi connectivity index (χ1n) is 11.7. The van der Waals surface area contributed by atoms with Crippen molar-refractivity contribution in [1.29, 1.82) is 0 Å². The van der Waals surface area contributed by atoms with Crippen LogP contribution in [0.15, 0.2) is 18.2 Å². The van der Waals surface area contributed by atoms with Crippen LogP contribution in [0.4, 0.5) is 20.7 Å². The van der Waals surface area contributed by atoms with Gasteiger partial charge in [0.2, 0.25) is 17.8 Å². The Kier molecular flexibility index (Phi) is 7.16. The van der Waals surface area contributed by atoms with Crippen LogP contribution in [0.3, 0.4) is 0 Å². The van der Waals surface area contributed by atoms with Gasteiger partial charge in [-0.15, -0.1) is 0 Å². The molecule has 1 aromatic carbocycles. The third kappa shape index (κ3) is 4.97. The smallest absolute Gasteiger partial charge is 0.296 e. The van der Waals surface area contributed by atoms with Crippen molar-refractivity contribution in [2.24, 2.45) is 5.73 Å². The molecule has 0 spiro atoms. The van der Waals surface area contributed by atoms with E-state index >= 15 is 0 Å². The molecule has 0 bridgehead atoms. The fourth-order valence-corrected chi connectivity index (χ4v) is 4.08. The van der Waals surface area contributed by atoms with Gasteiger partial charge >= 0.3 is 0 Å². The number of imidazole rings is 1. The third-order valence-corrected chi connectivity index (χ3v) is 5.86. The van der Waals surface area contributed by atoms with Crippen molar-refractivity contribution >= 4 is 22.9 Å². The zero-order valence-electron chi connectivity index (χ0n) is 19.3. The molecule has 11 nitrogen and oxygen atoms in total. The highest BCUT2D eigenvalue weighted by molar-refractivity contribution is 5.84. The number of benzene rings is 1. The van der Waals surface area contributed by atoms with Gasteiger partial charge in [0.15, 0.2) is 5.82 Å². The lowest BCUT2D eigenvalue weighted by molar-refractivity contribution is 0.121. The summed E-state index contributed by atoms with van der Waals surface area (Å²) < 4.78 is 46.5. The lowest BCUT2D eigenvalue weighted by Gasteiger charge is -2.30. The minimum absolute atomic E-state index is 0.0832. The van der Waals surface area contributed by atoms with Gasteiger partial charge in [0.1, 0.15) is 11.3 Å². The maximum absolute atomic E-state index is 14.2. The molecule has 0 aliphatic carbocycles. The molecule has 0 saturated carbocycles. The quantitative estimate of drug-likeness (QED) is 0.466. The van der Waals surface area contributed by atoms with Crippen LogP contribution in [0.2, 0.25) is 0 Å². The molecular weight excluding hydrogens is 462 g/mol. The number of rotatable bonds is 8. The molecule has 2 N–H and O–H groups in total. The van der Waals surface area contributed by atoms with Crippen LogP contribution >= 0.6 is 0 Å². The number of nitrogens with two attached hydrogens (primary N) is 1. The summed E-state index contributed by atoms with van der Waals surface area (Å²) in [5.74, 6) is 0.865. The first-order chi connectivity index (χ1) is 17.2. The number of hydrogen-bond donors (Lipinski definition) is 1. The second-order valence-corrected chi connectivity index (χ2v) is 8.15. The van der Waals surface area contributed by atoms with E-state index in [1.54, 1.807) is 18.2 Å². The summed E-state index contributed by atoms with van der Waals surface area (Å²) in [5, 5.41) is 0. The summed E-state index contributed by atoms with van der Waals surface area (Å²) in [4.78, 5) is 22.1. The van der Waals surface area contributed by atoms with Gasteiger partial charge in [-0.25, -0.2) is 13.8 Å². The number of halogens is 2. The molecule has 2 saturated heterocycles. The number of fused-ring (bicyclic) bond motifs is 1. The van der Waals surface area contributed by atoms with Gasteiger partial charge in [0, 0.05) is 26.2 Å². The predicted octanol–water partition coefficient (Wildman–Crippen LogP) is 1.55. The average molecular weight is 491 g/mol. The summed E-state index contributed by atoms with van der Waals surface area (Å²) in [6.07, 6.45) is -2.22. The number of nitrogens with zero attached hydrogens (tertiary/aromatic N) is 7. The van der Waals surface area contributed by atoms with Crippen molar-refractivity contribution < 1.29 is 23.0 Å². The molecular formula is C22H28F2N8O3. The summed E-state index contributed by atoms with van der Waals surface area (Å²) in [6.45, 7) is 5.35. The van der Waals surface area contributed by atoms with E-state index in [0.29, 0.717) is 101 Å². The average Bonchev–Trinajstić information content (AvgIpc) is 3.31. The molecule has 0 amide bonds. The molecule has 5 rings (SSSR count). The number of ether oxygens (including phenoxy) is 3. The van der Waals surface area contributed by atoms with Crippen molar-refractivity contribution in [1.82, 2.24) is 24.5 Å². The van der Waals surface area contributed by atoms with Gasteiger partial charge < -0.3 is 29.7 Å². The van der Waals surface area contributed by atoms with Gasteiger partial charge in [0.05, 0.1) is 38.6 Å². The molecule has 0 atom stereocenters. The molecule has 0 radical (unpaired) electrons. The normalized spacial score (nSPS) is 16.9. The number of alkyl halides is 2. The second kappa shape index (κ2) is 10.6. The molecule has 2 aromatic heterocycles. The summed E-state index contributed by atoms with van der Waals surface area (Å²) >= 11 is 0. The fraction of sp³-hybridized carbons (Fsp3) is 0.545. The maximum Gasteiger partial charge on any atom is 0.296 e. The monoisotopic (exact) mass is 490 g/mol. The molecule has 2 aliphatic rings. The van der Waals surface area contributed by atoms with Gasteiger partial charge in [-0.3, -0.25) is 4.57 Å². The Hall–Kier alpha value is -3.16. The van der Waals surface area contributed by atoms with Gasteiger partial charge in [0.25, 0.3) is 6.43 Å². The zero-order valence-corrected chi connectivity index (χ0v) is 19.3. The van der Waals surface area contributed by atoms with E-state index in [2.05, 4.69) is 19.9 Å². The number of para-hydroxylation sites is 1. The van der Waals surface area contributed by atoms with Crippen molar-refractivity contribution in [2.75, 3.05) is 75.6 Å². The van der Waals surface area contributed by atoms with Gasteiger partial charge in [-0.05, 0) is 25.1 Å². The molecule has 3 aromatic rings. The Balaban J connectivity index is 1.64. The number of aromatic nitrogens is 5. The third-order valence-electron chi connectivity index (χ3n) is 5.86. The number of morpholine rings is 2. The van der Waals surface area contributed by atoms with E-state index in [0.717, 1.165) is 0 Å². The highest BCUT2D eigenvalue weighted by Gasteiger charge is 2.27. The fourth-order valence-electron chi connectivity index (χ4n) is 4.08.